The molecule has 0 spiro atoms. The van der Waals surface area contributed by atoms with Crippen LogP contribution in [0, 0.1) is 11.7 Å². The minimum atomic E-state index is -0.443. The summed E-state index contributed by atoms with van der Waals surface area (Å²) in [7, 11) is 0. The fraction of sp³-hybridized carbons (Fsp3) is 0.500. The van der Waals surface area contributed by atoms with Crippen LogP contribution in [0.1, 0.15) is 30.1 Å². The first-order valence-electron chi connectivity index (χ1n) is 6.51. The number of piperidine rings is 1. The monoisotopic (exact) mass is 266 g/mol. The Morgan fingerprint density at radius 2 is 2.11 bits per heavy atom. The normalized spacial score (nSPS) is 18.4. The van der Waals surface area contributed by atoms with Gasteiger partial charge in [0.2, 0.25) is 0 Å². The molecule has 1 unspecified atom stereocenters. The standard InChI is InChI=1S/C14H19FN2O2/c1-9(18)10-4-6-17(7-5-10)14(19)12-3-2-11(15)8-13(12)16/h2-3,8-10,18H,4-7,16H2,1H3. The molecule has 3 N–H and O–H groups in total. The van der Waals surface area contributed by atoms with Gasteiger partial charge in [-0.2, -0.15) is 0 Å². The highest BCUT2D eigenvalue weighted by Crippen LogP contribution is 2.23. The summed E-state index contributed by atoms with van der Waals surface area (Å²) < 4.78 is 13.0. The molecule has 1 aromatic rings. The third-order valence-corrected chi connectivity index (χ3v) is 3.75. The molecular formula is C14H19FN2O2. The van der Waals surface area contributed by atoms with Gasteiger partial charge in [0.1, 0.15) is 5.82 Å². The Morgan fingerprint density at radius 3 is 2.63 bits per heavy atom. The van der Waals surface area contributed by atoms with E-state index in [1.54, 1.807) is 11.8 Å². The average molecular weight is 266 g/mol. The van der Waals surface area contributed by atoms with Crippen LogP contribution < -0.4 is 5.73 Å². The van der Waals surface area contributed by atoms with Crippen molar-refractivity contribution in [2.75, 3.05) is 18.8 Å². The lowest BCUT2D eigenvalue weighted by atomic mass is 9.92. The number of aliphatic hydroxyl groups excluding tert-OH is 1. The van der Waals surface area contributed by atoms with Gasteiger partial charge < -0.3 is 15.7 Å². The smallest absolute Gasteiger partial charge is 0.255 e. The third-order valence-electron chi connectivity index (χ3n) is 3.75. The Morgan fingerprint density at radius 1 is 1.47 bits per heavy atom. The van der Waals surface area contributed by atoms with E-state index in [9.17, 15) is 14.3 Å². The van der Waals surface area contributed by atoms with Crippen LogP contribution in [0.5, 0.6) is 0 Å². The van der Waals surface area contributed by atoms with Crippen molar-refractivity contribution in [1.29, 1.82) is 0 Å². The highest BCUT2D eigenvalue weighted by atomic mass is 19.1. The van der Waals surface area contributed by atoms with E-state index in [4.69, 9.17) is 5.73 Å². The number of nitrogens with two attached hydrogens (primary N) is 1. The number of carbonyl (C=O) groups is 1. The molecule has 1 heterocycles. The molecule has 0 aromatic heterocycles. The number of hydrogen-bond acceptors (Lipinski definition) is 3. The SMILES string of the molecule is CC(O)C1CCN(C(=O)c2ccc(F)cc2N)CC1. The number of benzene rings is 1. The van der Waals surface area contributed by atoms with Crippen LogP contribution in [-0.2, 0) is 0 Å². The number of aliphatic hydroxyl groups is 1. The lowest BCUT2D eigenvalue weighted by Gasteiger charge is -2.33. The molecule has 1 fully saturated rings. The van der Waals surface area contributed by atoms with Crippen molar-refractivity contribution in [2.24, 2.45) is 5.92 Å². The van der Waals surface area contributed by atoms with E-state index in [0.717, 1.165) is 18.9 Å². The van der Waals surface area contributed by atoms with Gasteiger partial charge in [-0.15, -0.1) is 0 Å². The van der Waals surface area contributed by atoms with Crippen LogP contribution in [0.4, 0.5) is 10.1 Å². The summed E-state index contributed by atoms with van der Waals surface area (Å²) in [5, 5.41) is 9.53. The minimum absolute atomic E-state index is 0.165. The maximum absolute atomic E-state index is 13.0. The number of nitrogen functional groups attached to an aromatic ring is 1. The molecule has 4 nitrogen and oxygen atoms in total. The number of amides is 1. The van der Waals surface area contributed by atoms with Crippen molar-refractivity contribution >= 4 is 11.6 Å². The number of anilines is 1. The number of carbonyl (C=O) groups excluding carboxylic acids is 1. The van der Waals surface area contributed by atoms with Crippen LogP contribution in [0.25, 0.3) is 0 Å². The Bertz CT molecular complexity index is 469. The van der Waals surface area contributed by atoms with Crippen LogP contribution in [0.3, 0.4) is 0 Å². The van der Waals surface area contributed by atoms with Gasteiger partial charge in [-0.25, -0.2) is 4.39 Å². The van der Waals surface area contributed by atoms with Crippen molar-refractivity contribution in [3.63, 3.8) is 0 Å². The molecule has 1 aromatic carbocycles. The highest BCUT2D eigenvalue weighted by molar-refractivity contribution is 5.99. The summed E-state index contributed by atoms with van der Waals surface area (Å²) in [6.45, 7) is 2.98. The first-order valence-corrected chi connectivity index (χ1v) is 6.51. The molecule has 2 rings (SSSR count). The highest BCUT2D eigenvalue weighted by Gasteiger charge is 2.26. The number of nitrogens with zero attached hydrogens (tertiary/aromatic N) is 1. The van der Waals surface area contributed by atoms with Gasteiger partial charge in [0.25, 0.3) is 5.91 Å². The van der Waals surface area contributed by atoms with Crippen molar-refractivity contribution in [3.05, 3.63) is 29.6 Å². The Kier molecular flexibility index (Phi) is 4.04. The van der Waals surface area contributed by atoms with Crippen LogP contribution in [-0.4, -0.2) is 35.1 Å². The lowest BCUT2D eigenvalue weighted by Crippen LogP contribution is -2.41. The molecule has 0 bridgehead atoms. The molecule has 104 valence electrons. The molecule has 1 saturated heterocycles. The zero-order valence-electron chi connectivity index (χ0n) is 11.0. The molecule has 0 saturated carbocycles. The summed E-state index contributed by atoms with van der Waals surface area (Å²) in [6.07, 6.45) is 1.22. The van der Waals surface area contributed by atoms with Gasteiger partial charge >= 0.3 is 0 Å². The zero-order valence-corrected chi connectivity index (χ0v) is 11.0. The minimum Gasteiger partial charge on any atom is -0.398 e. The number of halogens is 1. The number of likely N-dealkylation sites (tertiary alicyclic amines) is 1. The zero-order chi connectivity index (χ0) is 14.0. The molecule has 5 heteroatoms. The van der Waals surface area contributed by atoms with Crippen LogP contribution in [0.15, 0.2) is 18.2 Å². The Hall–Kier alpha value is -1.62. The van der Waals surface area contributed by atoms with Gasteiger partial charge in [0.05, 0.1) is 11.7 Å². The van der Waals surface area contributed by atoms with Crippen molar-refractivity contribution in [3.8, 4) is 0 Å². The number of hydrogen-bond donors (Lipinski definition) is 2. The van der Waals surface area contributed by atoms with E-state index in [2.05, 4.69) is 0 Å². The van der Waals surface area contributed by atoms with Crippen molar-refractivity contribution in [1.82, 2.24) is 4.90 Å². The Labute approximate surface area is 112 Å². The average Bonchev–Trinajstić information content (AvgIpc) is 2.38. The second-order valence-electron chi connectivity index (χ2n) is 5.10. The molecule has 1 amide bonds. The third kappa shape index (κ3) is 3.04. The molecule has 1 aliphatic rings. The molecule has 0 radical (unpaired) electrons. The lowest BCUT2D eigenvalue weighted by molar-refractivity contribution is 0.0522. The predicted octanol–water partition coefficient (Wildman–Crippen LogP) is 1.64. The maximum atomic E-state index is 13.0. The van der Waals surface area contributed by atoms with Gasteiger partial charge in [-0.05, 0) is 43.9 Å². The van der Waals surface area contributed by atoms with E-state index in [1.807, 2.05) is 0 Å². The van der Waals surface area contributed by atoms with Crippen LogP contribution >= 0.6 is 0 Å². The number of rotatable bonds is 2. The van der Waals surface area contributed by atoms with E-state index in [0.29, 0.717) is 18.7 Å². The summed E-state index contributed by atoms with van der Waals surface area (Å²) in [6, 6.07) is 3.83. The summed E-state index contributed by atoms with van der Waals surface area (Å²) in [4.78, 5) is 14.0. The van der Waals surface area contributed by atoms with E-state index >= 15 is 0 Å². The van der Waals surface area contributed by atoms with E-state index in [1.165, 1.54) is 12.1 Å². The Balaban J connectivity index is 2.05. The fourth-order valence-electron chi connectivity index (χ4n) is 2.48. The van der Waals surface area contributed by atoms with Crippen LogP contribution in [0.2, 0.25) is 0 Å². The quantitative estimate of drug-likeness (QED) is 0.800. The van der Waals surface area contributed by atoms with Gasteiger partial charge in [-0.1, -0.05) is 0 Å². The molecule has 1 aliphatic heterocycles. The van der Waals surface area contributed by atoms with Gasteiger partial charge in [0, 0.05) is 18.8 Å². The van der Waals surface area contributed by atoms with Gasteiger partial charge in [0.15, 0.2) is 0 Å². The second kappa shape index (κ2) is 5.57. The molecular weight excluding hydrogens is 247 g/mol. The second-order valence-corrected chi connectivity index (χ2v) is 5.10. The van der Waals surface area contributed by atoms with E-state index < -0.39 is 5.82 Å². The molecule has 19 heavy (non-hydrogen) atoms. The first kappa shape index (κ1) is 13.8. The topological polar surface area (TPSA) is 66.6 Å². The first-order chi connectivity index (χ1) is 8.99. The van der Waals surface area contributed by atoms with Crippen molar-refractivity contribution < 1.29 is 14.3 Å². The summed E-state index contributed by atoms with van der Waals surface area (Å²) in [5.41, 5.74) is 6.19. The fourth-order valence-corrected chi connectivity index (χ4v) is 2.48. The predicted molar refractivity (Wildman–Crippen MR) is 71.1 cm³/mol. The van der Waals surface area contributed by atoms with Gasteiger partial charge in [-0.3, -0.25) is 4.79 Å². The van der Waals surface area contributed by atoms with E-state index in [-0.39, 0.29) is 23.6 Å². The molecule has 0 aliphatic carbocycles. The largest absolute Gasteiger partial charge is 0.398 e. The summed E-state index contributed by atoms with van der Waals surface area (Å²) in [5.74, 6) is -0.363. The van der Waals surface area contributed by atoms with Crippen molar-refractivity contribution in [2.45, 2.75) is 25.9 Å². The molecule has 1 atom stereocenters. The maximum Gasteiger partial charge on any atom is 0.255 e. The summed E-state index contributed by atoms with van der Waals surface area (Å²) >= 11 is 0.